The topological polar surface area (TPSA) is 284 Å². The number of fused-ring (bicyclic) bond motifs is 3. The summed E-state index contributed by atoms with van der Waals surface area (Å²) in [6.07, 6.45) is 0.633. The summed E-state index contributed by atoms with van der Waals surface area (Å²) in [5, 5.41) is 71.5. The van der Waals surface area contributed by atoms with Gasteiger partial charge in [-0.3, -0.25) is 14.5 Å². The lowest BCUT2D eigenvalue weighted by molar-refractivity contribution is -0.318. The number of aliphatic hydroxyl groups excluding tert-OH is 3. The molecule has 0 radical (unpaired) electrons. The normalized spacial score (nSPS) is 36.8. The molecule has 6 N–H and O–H groups in total. The van der Waals surface area contributed by atoms with E-state index in [2.05, 4.69) is 20.6 Å². The number of hydrogen-bond acceptors (Lipinski definition) is 19. The molecule has 18 atom stereocenters. The van der Waals surface area contributed by atoms with Crippen molar-refractivity contribution < 1.29 is 68.0 Å². The molecule has 0 unspecified atom stereocenters. The van der Waals surface area contributed by atoms with Crippen LogP contribution in [0.5, 0.6) is 0 Å². The number of carbonyl (C=O) groups is 2. The van der Waals surface area contributed by atoms with Gasteiger partial charge in [0.15, 0.2) is 24.2 Å². The van der Waals surface area contributed by atoms with Gasteiger partial charge >= 0.3 is 5.97 Å². The Hall–Kier alpha value is -4.87. The van der Waals surface area contributed by atoms with Crippen molar-refractivity contribution in [1.82, 2.24) is 34.2 Å². The number of esters is 1. The third-order valence-corrected chi connectivity index (χ3v) is 18.9. The Bertz CT molecular complexity index is 2950. The van der Waals surface area contributed by atoms with Gasteiger partial charge in [0, 0.05) is 81.9 Å². The van der Waals surface area contributed by atoms with E-state index < -0.39 is 114 Å². The van der Waals surface area contributed by atoms with Gasteiger partial charge in [-0.1, -0.05) is 40.0 Å². The lowest BCUT2D eigenvalue weighted by Crippen LogP contribution is -2.61. The number of aromatic amines is 1. The maximum Gasteiger partial charge on any atom is 0.311 e. The predicted octanol–water partition coefficient (Wildman–Crippen LogP) is 6.33. The molecular formula is C62H94N8O14. The van der Waals surface area contributed by atoms with Gasteiger partial charge in [-0.05, 0) is 119 Å². The highest BCUT2D eigenvalue weighted by molar-refractivity contribution is 6.03. The minimum Gasteiger partial charge on any atom is -0.459 e. The predicted molar refractivity (Wildman–Crippen MR) is 314 cm³/mol. The van der Waals surface area contributed by atoms with Crippen LogP contribution in [0.25, 0.3) is 39.7 Å². The largest absolute Gasteiger partial charge is 0.459 e. The molecule has 4 aliphatic rings. The fourth-order valence-electron chi connectivity index (χ4n) is 13.7. The number of rotatable bonds is 14. The molecule has 7 heterocycles. The Morgan fingerprint density at radius 2 is 1.69 bits per heavy atom. The molecule has 3 saturated heterocycles. The number of amides is 1. The van der Waals surface area contributed by atoms with E-state index >= 15 is 0 Å². The first-order valence-electron chi connectivity index (χ1n) is 30.2. The maximum atomic E-state index is 14.6. The number of H-pyrrole nitrogens is 1. The molecule has 3 aliphatic heterocycles. The number of pyridine rings is 1. The molecule has 22 nitrogen and oxygen atoms in total. The Morgan fingerprint density at radius 1 is 0.976 bits per heavy atom. The molecule has 466 valence electrons. The molecule has 0 spiro atoms. The molecule has 22 heteroatoms. The second kappa shape index (κ2) is 26.6. The van der Waals surface area contributed by atoms with E-state index in [1.807, 2.05) is 56.1 Å². The number of nitrogens with one attached hydrogen (secondary N) is 1. The van der Waals surface area contributed by atoms with Crippen molar-refractivity contribution in [2.75, 3.05) is 47.9 Å². The van der Waals surface area contributed by atoms with Crippen molar-refractivity contribution >= 4 is 40.0 Å². The van der Waals surface area contributed by atoms with Crippen molar-refractivity contribution in [3.8, 4) is 17.7 Å². The minimum atomic E-state index is -1.87. The first-order valence-corrected chi connectivity index (χ1v) is 30.2. The van der Waals surface area contributed by atoms with Gasteiger partial charge in [0.2, 0.25) is 0 Å². The van der Waals surface area contributed by atoms with Crippen LogP contribution in [0.2, 0.25) is 0 Å². The summed E-state index contributed by atoms with van der Waals surface area (Å²) in [6.45, 7) is 18.2. The number of nitriles is 1. The van der Waals surface area contributed by atoms with Crippen molar-refractivity contribution in [2.24, 2.45) is 17.8 Å². The van der Waals surface area contributed by atoms with Crippen LogP contribution in [0.1, 0.15) is 139 Å². The van der Waals surface area contributed by atoms with Gasteiger partial charge in [0.25, 0.3) is 5.91 Å². The van der Waals surface area contributed by atoms with Crippen LogP contribution in [0.3, 0.4) is 0 Å². The van der Waals surface area contributed by atoms with Crippen LogP contribution in [0.4, 0.5) is 0 Å². The Morgan fingerprint density at radius 3 is 2.37 bits per heavy atom. The van der Waals surface area contributed by atoms with Gasteiger partial charge in [-0.2, -0.15) is 5.26 Å². The van der Waals surface area contributed by atoms with Crippen molar-refractivity contribution in [2.45, 2.75) is 223 Å². The van der Waals surface area contributed by atoms with Gasteiger partial charge in [0.05, 0.1) is 53.2 Å². The van der Waals surface area contributed by atoms with Crippen LogP contribution in [-0.4, -0.2) is 210 Å². The number of ether oxygens (including phenoxy) is 6. The summed E-state index contributed by atoms with van der Waals surface area (Å²) in [4.78, 5) is 46.7. The number of furan rings is 1. The summed E-state index contributed by atoms with van der Waals surface area (Å²) in [6, 6.07) is 6.68. The van der Waals surface area contributed by atoms with Crippen molar-refractivity contribution in [3.05, 3.63) is 41.9 Å². The Kier molecular flexibility index (Phi) is 20.6. The molecule has 1 amide bonds. The number of likely N-dealkylation sites (N-methyl/N-ethyl adjacent to an activating group) is 3. The summed E-state index contributed by atoms with van der Waals surface area (Å²) in [5.41, 5.74) is -2.27. The number of aliphatic hydroxyl groups is 5. The molecule has 4 fully saturated rings. The zero-order chi connectivity index (χ0) is 61.3. The first-order chi connectivity index (χ1) is 39.6. The summed E-state index contributed by atoms with van der Waals surface area (Å²) >= 11 is 0. The Labute approximate surface area is 494 Å². The zero-order valence-corrected chi connectivity index (χ0v) is 51.7. The average Bonchev–Trinajstić information content (AvgIpc) is 3.27. The minimum absolute atomic E-state index is 0.0690. The van der Waals surface area contributed by atoms with Gasteiger partial charge in [-0.25, -0.2) is 9.97 Å². The lowest BCUT2D eigenvalue weighted by Gasteiger charge is -2.49. The number of imidazole rings is 1. The Balaban J connectivity index is 1.02. The molecular weight excluding hydrogens is 1080 g/mol. The third kappa shape index (κ3) is 13.6. The number of hydrogen-bond donors (Lipinski definition) is 6. The molecule has 0 aromatic carbocycles. The second-order valence-electron chi connectivity index (χ2n) is 25.6. The fraction of sp³-hybridized carbons (Fsp3) is 0.726. The lowest BCUT2D eigenvalue weighted by atomic mass is 9.77. The van der Waals surface area contributed by atoms with Crippen LogP contribution in [0.15, 0.2) is 40.6 Å². The van der Waals surface area contributed by atoms with Crippen molar-refractivity contribution in [3.63, 3.8) is 0 Å². The summed E-state index contributed by atoms with van der Waals surface area (Å²) in [5.74, 6) is -1.99. The monoisotopic (exact) mass is 1170 g/mol. The molecule has 0 bridgehead atoms. The molecule has 1 saturated carbocycles. The number of carbonyl (C=O) groups excluding carboxylic acids is 2. The average molecular weight is 1180 g/mol. The van der Waals surface area contributed by atoms with E-state index in [0.717, 1.165) is 47.8 Å². The van der Waals surface area contributed by atoms with E-state index in [9.17, 15) is 40.4 Å². The fourth-order valence-corrected chi connectivity index (χ4v) is 13.7. The van der Waals surface area contributed by atoms with Gasteiger partial charge in [-0.15, -0.1) is 0 Å². The summed E-state index contributed by atoms with van der Waals surface area (Å²) in [7, 11) is 6.76. The highest BCUT2D eigenvalue weighted by Crippen LogP contribution is 2.42. The van der Waals surface area contributed by atoms with E-state index in [-0.39, 0.29) is 49.9 Å². The maximum absolute atomic E-state index is 14.6. The number of nitrogens with zero attached hydrogens (tertiary/aromatic N) is 7. The molecule has 1 aliphatic carbocycles. The molecule has 8 rings (SSSR count). The second-order valence-corrected chi connectivity index (χ2v) is 25.6. The van der Waals surface area contributed by atoms with Gasteiger partial charge < -0.3 is 77.7 Å². The van der Waals surface area contributed by atoms with Gasteiger partial charge in [0.1, 0.15) is 58.6 Å². The highest BCUT2D eigenvalue weighted by atomic mass is 16.7. The zero-order valence-electron chi connectivity index (χ0n) is 51.7. The van der Waals surface area contributed by atoms with Crippen molar-refractivity contribution in [1.29, 1.82) is 5.26 Å². The van der Waals surface area contributed by atoms with E-state index in [4.69, 9.17) is 37.8 Å². The van der Waals surface area contributed by atoms with Crippen LogP contribution >= 0.6 is 0 Å². The number of cyclic esters (lactones) is 1. The first kappa shape index (κ1) is 65.1. The smallest absolute Gasteiger partial charge is 0.311 e. The molecule has 4 aromatic heterocycles. The van der Waals surface area contributed by atoms with E-state index in [1.165, 1.54) is 31.4 Å². The molecule has 84 heavy (non-hydrogen) atoms. The molecule has 4 aromatic rings. The van der Waals surface area contributed by atoms with E-state index in [0.29, 0.717) is 30.3 Å². The number of methoxy groups -OCH3 is 1. The van der Waals surface area contributed by atoms with Crippen LogP contribution in [0, 0.1) is 29.1 Å². The SMILES string of the molecule is CC[C@H]1OC(=O)[C@H](C)[C@@H](O[C@H]2C[C@@](C)(OC)[C@@H](O)[C@H](C)O2)[C@H](C)[C@@H](O[C@@H]2O[C@H](C)C[C@H](N(C)CCN(C)C(=O)C(C#N)=Cc3ccc(-c4nc5cnc6[nH]ccc6c5n4C4CCCCC4)o3)[C@H]2O)[C@](C)(O)C[C@@H](C)CN(C)[C@H](C)[C@@H](O)[C@]1(C)O. The van der Waals surface area contributed by atoms with E-state index in [1.54, 1.807) is 67.8 Å². The number of aromatic nitrogens is 4. The highest BCUT2D eigenvalue weighted by Gasteiger charge is 2.53. The van der Waals surface area contributed by atoms with Crippen LogP contribution < -0.4 is 0 Å². The standard InChI is InChI=1S/C62H94N8O14/c1-15-47-62(10,77)52(72)38(6)69(13)33-34(2)29-60(8,76)54(36(4)51(37(5)58(75)82-47)83-48-30-61(9,78-14)53(73)39(7)80-48)84-59-50(71)45(27-35(3)79-59)67(11)25-26-68(12)57(74)40(31-63)28-42-21-22-46(81-42)56-66-44-32-65-55-43(23-24-64-55)49(44)70(56)41-19-17-16-18-20-41/h21-24,28,32,34-39,41,45,47-48,50-54,59,71-73,76-77H,15-20,25-27,29-30,33H2,1-14H3,(H,64,65)/t34-,35-,36+,37-,38-,39+,45+,47-,48+,50-,51+,52-,53+,54-,59+,60-,61-,62-/m1/s1. The van der Waals surface area contributed by atoms with Crippen LogP contribution in [-0.2, 0) is 38.0 Å². The quantitative estimate of drug-likeness (QED) is 0.0457. The third-order valence-electron chi connectivity index (χ3n) is 18.9. The summed E-state index contributed by atoms with van der Waals surface area (Å²) < 4.78 is 47.1.